The number of halogens is 12. The van der Waals surface area contributed by atoms with Crippen molar-refractivity contribution in [3.8, 4) is 23.0 Å². The second-order valence-corrected chi connectivity index (χ2v) is 18.4. The molecule has 0 radical (unpaired) electrons. The first-order chi connectivity index (χ1) is 20.6. The van der Waals surface area contributed by atoms with Gasteiger partial charge >= 0.3 is 66.0 Å². The second-order valence-electron chi connectivity index (χ2n) is 9.99. The zero-order valence-electron chi connectivity index (χ0n) is 23.5. The van der Waals surface area contributed by atoms with Gasteiger partial charge in [-0.3, -0.25) is 0 Å². The van der Waals surface area contributed by atoms with Crippen LogP contribution >= 0.6 is 15.6 Å². The fourth-order valence-electron chi connectivity index (χ4n) is 4.52. The normalized spacial score (nSPS) is 18.5. The summed E-state index contributed by atoms with van der Waals surface area (Å²) in [6.07, 6.45) is 0. The van der Waals surface area contributed by atoms with Crippen LogP contribution in [-0.2, 0) is 21.8 Å². The maximum absolute atomic E-state index is 10.7. The average molecular weight is 747 g/mol. The van der Waals surface area contributed by atoms with Gasteiger partial charge in [-0.1, -0.05) is 48.5 Å². The molecule has 0 unspecified atom stereocenters. The van der Waals surface area contributed by atoms with Crippen LogP contribution in [0.15, 0.2) is 117 Å². The fourth-order valence-corrected chi connectivity index (χ4v) is 10.2. The van der Waals surface area contributed by atoms with Gasteiger partial charge in [-0.15, -0.1) is 0 Å². The Labute approximate surface area is 260 Å². The van der Waals surface area contributed by atoms with E-state index >= 15 is 0 Å². The molecule has 2 nitrogen and oxygen atoms in total. The average Bonchev–Trinajstić information content (AvgIpc) is 2.90. The van der Waals surface area contributed by atoms with E-state index in [1.54, 1.807) is 0 Å². The molecule has 4 aromatic rings. The molecule has 2 aliphatic heterocycles. The van der Waals surface area contributed by atoms with E-state index in [2.05, 4.69) is 111 Å². The Morgan fingerprint density at radius 2 is 0.565 bits per heavy atom. The molecular formula is C28H24F12O2P2S2. The number of hydrogen-bond acceptors (Lipinski definition) is 2. The van der Waals surface area contributed by atoms with Crippen molar-refractivity contribution in [3.63, 3.8) is 0 Å². The van der Waals surface area contributed by atoms with Crippen LogP contribution in [-0.4, -0.2) is 10.5 Å². The first kappa shape index (κ1) is 36.0. The molecule has 2 aliphatic rings. The molecule has 0 spiro atoms. The van der Waals surface area contributed by atoms with Crippen molar-refractivity contribution in [2.24, 2.45) is 0 Å². The van der Waals surface area contributed by atoms with Gasteiger partial charge in [-0.2, -0.15) is 0 Å². The number of para-hydroxylation sites is 4. The molecule has 0 bridgehead atoms. The minimum absolute atomic E-state index is 0.0835. The molecule has 0 amide bonds. The van der Waals surface area contributed by atoms with Crippen LogP contribution in [0.2, 0.25) is 0 Å². The molecule has 0 aliphatic carbocycles. The Bertz CT molecular complexity index is 1510. The quantitative estimate of drug-likeness (QED) is 0.118. The SMILES string of the molecule is C[C@H]([C@H](C)[S+]1c2ccccc2Oc2ccccc21)[S+]1c2ccccc2Oc2ccccc21.F[P-](F)(F)(F)(F)F.F[P-](F)(F)(F)(F)F. The molecule has 254 valence electrons. The van der Waals surface area contributed by atoms with Crippen LogP contribution in [0.25, 0.3) is 0 Å². The summed E-state index contributed by atoms with van der Waals surface area (Å²) in [6, 6.07) is 34.2. The van der Waals surface area contributed by atoms with Gasteiger partial charge in [0.15, 0.2) is 33.5 Å². The van der Waals surface area contributed by atoms with E-state index in [4.69, 9.17) is 9.47 Å². The van der Waals surface area contributed by atoms with E-state index in [9.17, 15) is 50.4 Å². The Kier molecular flexibility index (Phi) is 8.51. The number of rotatable bonds is 3. The number of fused-ring (bicyclic) bond motifs is 4. The minimum atomic E-state index is -10.7. The summed E-state index contributed by atoms with van der Waals surface area (Å²) in [5, 5.41) is 0.840. The van der Waals surface area contributed by atoms with Gasteiger partial charge in [0.05, 0.1) is 21.8 Å². The first-order valence-electron chi connectivity index (χ1n) is 12.9. The van der Waals surface area contributed by atoms with E-state index in [0.29, 0.717) is 10.5 Å². The van der Waals surface area contributed by atoms with Crippen molar-refractivity contribution in [1.29, 1.82) is 0 Å². The summed E-state index contributed by atoms with van der Waals surface area (Å²) >= 11 is 0. The summed E-state index contributed by atoms with van der Waals surface area (Å²) in [6.45, 7) is 4.83. The Morgan fingerprint density at radius 3 is 0.761 bits per heavy atom. The first-order valence-corrected chi connectivity index (χ1v) is 19.6. The predicted octanol–water partition coefficient (Wildman–Crippen LogP) is 14.2. The van der Waals surface area contributed by atoms with E-state index in [1.807, 2.05) is 0 Å². The summed E-state index contributed by atoms with van der Waals surface area (Å²) in [4.78, 5) is 5.24. The van der Waals surface area contributed by atoms with E-state index < -0.39 is 15.6 Å². The topological polar surface area (TPSA) is 18.5 Å². The molecule has 0 fully saturated rings. The Balaban J connectivity index is 0.000000289. The van der Waals surface area contributed by atoms with Crippen molar-refractivity contribution in [1.82, 2.24) is 0 Å². The number of hydrogen-bond donors (Lipinski definition) is 0. The van der Waals surface area contributed by atoms with Crippen LogP contribution < -0.4 is 9.47 Å². The standard InChI is InChI=1S/C28H24O2S2.2F6P/c1-19(31-25-15-7-3-11-21(25)29-22-12-4-8-16-26(22)31)20(2)32-27-17-9-5-13-23(27)30-24-14-6-10-18-28(24)32;2*1-7(2,3,4,5)6/h3-20H,1-2H3;;/q+2;2*-1/t19-,20+;;. The summed E-state index contributed by atoms with van der Waals surface area (Å²) in [5.74, 6) is 3.96. The fraction of sp³-hybridized carbons (Fsp3) is 0.143. The molecule has 0 saturated carbocycles. The molecule has 0 aromatic heterocycles. The van der Waals surface area contributed by atoms with Gasteiger partial charge in [0.25, 0.3) is 0 Å². The predicted molar refractivity (Wildman–Crippen MR) is 160 cm³/mol. The summed E-state index contributed by atoms with van der Waals surface area (Å²) in [5.41, 5.74) is 0. The van der Waals surface area contributed by atoms with Gasteiger partial charge < -0.3 is 9.47 Å². The van der Waals surface area contributed by atoms with Crippen molar-refractivity contribution in [2.45, 2.75) is 43.9 Å². The van der Waals surface area contributed by atoms with Crippen LogP contribution in [0.3, 0.4) is 0 Å². The second kappa shape index (κ2) is 10.9. The van der Waals surface area contributed by atoms with Crippen LogP contribution in [0.4, 0.5) is 50.4 Å². The molecule has 0 N–H and O–H groups in total. The summed E-state index contributed by atoms with van der Waals surface area (Å²) < 4.78 is 131. The zero-order chi connectivity index (χ0) is 34.5. The van der Waals surface area contributed by atoms with Crippen LogP contribution in [0, 0.1) is 0 Å². The van der Waals surface area contributed by atoms with Crippen LogP contribution in [0.5, 0.6) is 23.0 Å². The molecule has 6 rings (SSSR count). The van der Waals surface area contributed by atoms with Crippen molar-refractivity contribution >= 4 is 37.4 Å². The molecule has 4 aromatic carbocycles. The molecule has 46 heavy (non-hydrogen) atoms. The Hall–Kier alpha value is -2.80. The maximum atomic E-state index is 9.87. The third-order valence-electron chi connectivity index (χ3n) is 6.19. The molecule has 0 saturated heterocycles. The number of ether oxygens (including phenoxy) is 2. The Morgan fingerprint density at radius 1 is 0.391 bits per heavy atom. The van der Waals surface area contributed by atoms with E-state index in [1.165, 1.54) is 19.6 Å². The van der Waals surface area contributed by atoms with Gasteiger partial charge in [-0.25, -0.2) is 0 Å². The summed E-state index contributed by atoms with van der Waals surface area (Å²) in [7, 11) is -21.5. The van der Waals surface area contributed by atoms with E-state index in [-0.39, 0.29) is 21.8 Å². The van der Waals surface area contributed by atoms with Gasteiger partial charge in [-0.05, 0) is 62.4 Å². The van der Waals surface area contributed by atoms with Crippen molar-refractivity contribution in [3.05, 3.63) is 97.1 Å². The number of benzene rings is 4. The van der Waals surface area contributed by atoms with Crippen molar-refractivity contribution in [2.75, 3.05) is 0 Å². The molecule has 2 atom stereocenters. The monoisotopic (exact) mass is 746 g/mol. The van der Waals surface area contributed by atoms with E-state index in [0.717, 1.165) is 23.0 Å². The van der Waals surface area contributed by atoms with Gasteiger partial charge in [0.2, 0.25) is 19.6 Å². The van der Waals surface area contributed by atoms with Gasteiger partial charge in [0, 0.05) is 0 Å². The van der Waals surface area contributed by atoms with Crippen molar-refractivity contribution < 1.29 is 59.8 Å². The third kappa shape index (κ3) is 11.2. The zero-order valence-corrected chi connectivity index (χ0v) is 26.9. The van der Waals surface area contributed by atoms with Gasteiger partial charge in [0.1, 0.15) is 0 Å². The molecule has 2 heterocycles. The van der Waals surface area contributed by atoms with Crippen LogP contribution in [0.1, 0.15) is 13.8 Å². The molecular weight excluding hydrogens is 722 g/mol. The molecule has 18 heteroatoms. The third-order valence-corrected chi connectivity index (χ3v) is 11.9.